The number of carboxylic acids is 1. The molecule has 5 heteroatoms. The van der Waals surface area contributed by atoms with Gasteiger partial charge in [-0.25, -0.2) is 0 Å². The number of nitrogens with one attached hydrogen (secondary N) is 1. The molecule has 5 nitrogen and oxygen atoms in total. The van der Waals surface area contributed by atoms with Gasteiger partial charge in [0.25, 0.3) is 5.91 Å². The highest BCUT2D eigenvalue weighted by molar-refractivity contribution is 5.96. The summed E-state index contributed by atoms with van der Waals surface area (Å²) in [6, 6.07) is 5.84. The van der Waals surface area contributed by atoms with E-state index in [0.717, 1.165) is 5.56 Å². The highest BCUT2D eigenvalue weighted by Crippen LogP contribution is 2.03. The number of amides is 1. The monoisotopic (exact) mass is 222 g/mol. The molecule has 86 valence electrons. The first-order chi connectivity index (χ1) is 7.54. The highest BCUT2D eigenvalue weighted by Gasteiger charge is 2.09. The molecule has 1 aromatic carbocycles. The zero-order chi connectivity index (χ0) is 12.1. The van der Waals surface area contributed by atoms with Crippen molar-refractivity contribution in [1.82, 2.24) is 5.32 Å². The van der Waals surface area contributed by atoms with Crippen molar-refractivity contribution in [3.63, 3.8) is 0 Å². The van der Waals surface area contributed by atoms with Gasteiger partial charge in [-0.3, -0.25) is 4.79 Å². The average molecular weight is 222 g/mol. The van der Waals surface area contributed by atoms with Gasteiger partial charge in [0.05, 0.1) is 18.6 Å². The van der Waals surface area contributed by atoms with E-state index in [1.54, 1.807) is 24.3 Å². The lowest BCUT2D eigenvalue weighted by molar-refractivity contribution is -0.386. The van der Waals surface area contributed by atoms with E-state index in [-0.39, 0.29) is 0 Å². The lowest BCUT2D eigenvalue weighted by atomic mass is 10.1. The van der Waals surface area contributed by atoms with Crippen LogP contribution < -0.4 is 16.2 Å². The molecule has 0 saturated carbocycles. The number of hydrogen-bond donors (Lipinski definition) is 2. The van der Waals surface area contributed by atoms with E-state index < -0.39 is 17.9 Å². The van der Waals surface area contributed by atoms with Crippen LogP contribution in [0.2, 0.25) is 0 Å². The van der Waals surface area contributed by atoms with Crippen LogP contribution in [-0.2, 0) is 11.3 Å². The molecule has 0 aliphatic heterocycles. The quantitative estimate of drug-likeness (QED) is 0.635. The van der Waals surface area contributed by atoms with E-state index in [4.69, 9.17) is 0 Å². The third-order valence-corrected chi connectivity index (χ3v) is 2.21. The van der Waals surface area contributed by atoms with E-state index in [9.17, 15) is 14.7 Å². The van der Waals surface area contributed by atoms with E-state index in [1.165, 1.54) is 6.92 Å². The van der Waals surface area contributed by atoms with Crippen LogP contribution in [0.5, 0.6) is 0 Å². The van der Waals surface area contributed by atoms with Crippen molar-refractivity contribution < 1.29 is 20.4 Å². The number of rotatable bonds is 4. The predicted octanol–water partition coefficient (Wildman–Crippen LogP) is -1.70. The Morgan fingerprint density at radius 1 is 1.38 bits per heavy atom. The maximum Gasteiger partial charge on any atom is 0.251 e. The van der Waals surface area contributed by atoms with Crippen molar-refractivity contribution in [3.8, 4) is 0 Å². The molecule has 0 saturated heterocycles. The second-order valence-corrected chi connectivity index (χ2v) is 3.46. The first-order valence-corrected chi connectivity index (χ1v) is 4.94. The number of aliphatic carboxylic acids is 1. The summed E-state index contributed by atoms with van der Waals surface area (Å²) < 4.78 is 0. The Balaban J connectivity index is 2.69. The van der Waals surface area contributed by atoms with Crippen LogP contribution in [0.4, 0.5) is 0 Å². The Labute approximate surface area is 93.3 Å². The van der Waals surface area contributed by atoms with Gasteiger partial charge in [0.15, 0.2) is 0 Å². The van der Waals surface area contributed by atoms with Crippen LogP contribution in [-0.4, -0.2) is 17.9 Å². The normalized spacial score (nSPS) is 11.9. The molecule has 0 heterocycles. The fraction of sp³-hybridized carbons (Fsp3) is 0.273. The molecule has 0 bridgehead atoms. The maximum absolute atomic E-state index is 11.5. The summed E-state index contributed by atoms with van der Waals surface area (Å²) in [5.41, 5.74) is 5.16. The Morgan fingerprint density at radius 2 is 1.94 bits per heavy atom. The zero-order valence-corrected chi connectivity index (χ0v) is 9.03. The second-order valence-electron chi connectivity index (χ2n) is 3.46. The molecular formula is C11H14N2O3. The van der Waals surface area contributed by atoms with Gasteiger partial charge in [-0.05, 0) is 19.1 Å². The first kappa shape index (κ1) is 12.2. The molecule has 1 atom stereocenters. The topological polar surface area (TPSA) is 96.9 Å². The third-order valence-electron chi connectivity index (χ3n) is 2.21. The molecule has 1 amide bonds. The van der Waals surface area contributed by atoms with Crippen LogP contribution in [0.3, 0.4) is 0 Å². The van der Waals surface area contributed by atoms with E-state index in [2.05, 4.69) is 11.1 Å². The minimum atomic E-state index is -1.30. The predicted molar refractivity (Wildman–Crippen MR) is 55.0 cm³/mol. The fourth-order valence-electron chi connectivity index (χ4n) is 1.16. The lowest BCUT2D eigenvalue weighted by Gasteiger charge is -2.14. The minimum Gasteiger partial charge on any atom is -0.548 e. The van der Waals surface area contributed by atoms with Gasteiger partial charge in [-0.1, -0.05) is 12.1 Å². The van der Waals surface area contributed by atoms with Gasteiger partial charge >= 0.3 is 0 Å². The number of benzene rings is 1. The van der Waals surface area contributed by atoms with Gasteiger partial charge in [-0.15, -0.1) is 0 Å². The van der Waals surface area contributed by atoms with Crippen LogP contribution in [0, 0.1) is 0 Å². The SMILES string of the molecule is C[C@H](NC(=O)c1ccc(C[NH3+])cc1)C(=O)[O-]. The number of carbonyl (C=O) groups is 2. The van der Waals surface area contributed by atoms with Crippen molar-refractivity contribution in [3.05, 3.63) is 35.4 Å². The Kier molecular flexibility index (Phi) is 4.02. The summed E-state index contributed by atoms with van der Waals surface area (Å²) >= 11 is 0. The number of quaternary nitrogens is 1. The number of carboxylic acid groups (broad SMARTS) is 1. The lowest BCUT2D eigenvalue weighted by Crippen LogP contribution is -2.47. The van der Waals surface area contributed by atoms with Crippen molar-refractivity contribution >= 4 is 11.9 Å². The van der Waals surface area contributed by atoms with E-state index >= 15 is 0 Å². The van der Waals surface area contributed by atoms with Gasteiger partial charge in [0, 0.05) is 11.1 Å². The van der Waals surface area contributed by atoms with Gasteiger partial charge in [0.2, 0.25) is 0 Å². The average Bonchev–Trinajstić information content (AvgIpc) is 2.28. The molecule has 0 aromatic heterocycles. The summed E-state index contributed by atoms with van der Waals surface area (Å²) in [6.07, 6.45) is 0. The second kappa shape index (κ2) is 5.27. The summed E-state index contributed by atoms with van der Waals surface area (Å²) in [6.45, 7) is 2.01. The van der Waals surface area contributed by atoms with Crippen LogP contribution in [0.15, 0.2) is 24.3 Å². The molecular weight excluding hydrogens is 208 g/mol. The van der Waals surface area contributed by atoms with E-state index in [0.29, 0.717) is 12.1 Å². The Hall–Kier alpha value is -1.88. The van der Waals surface area contributed by atoms with Crippen LogP contribution >= 0.6 is 0 Å². The number of hydrogen-bond acceptors (Lipinski definition) is 3. The molecule has 1 aromatic rings. The summed E-state index contributed by atoms with van der Waals surface area (Å²) in [4.78, 5) is 22.0. The zero-order valence-electron chi connectivity index (χ0n) is 9.03. The molecule has 0 radical (unpaired) electrons. The van der Waals surface area contributed by atoms with Gasteiger partial charge in [0.1, 0.15) is 0 Å². The van der Waals surface area contributed by atoms with Crippen molar-refractivity contribution in [2.75, 3.05) is 0 Å². The van der Waals surface area contributed by atoms with Crippen molar-refractivity contribution in [2.45, 2.75) is 19.5 Å². The van der Waals surface area contributed by atoms with Crippen molar-refractivity contribution in [2.24, 2.45) is 0 Å². The van der Waals surface area contributed by atoms with E-state index in [1.807, 2.05) is 0 Å². The molecule has 4 N–H and O–H groups in total. The maximum atomic E-state index is 11.5. The minimum absolute atomic E-state index is 0.422. The van der Waals surface area contributed by atoms with Crippen molar-refractivity contribution in [1.29, 1.82) is 0 Å². The number of carbonyl (C=O) groups excluding carboxylic acids is 2. The molecule has 0 aliphatic rings. The van der Waals surface area contributed by atoms with Crippen LogP contribution in [0.25, 0.3) is 0 Å². The third kappa shape index (κ3) is 3.06. The largest absolute Gasteiger partial charge is 0.548 e. The highest BCUT2D eigenvalue weighted by atomic mass is 16.4. The first-order valence-electron chi connectivity index (χ1n) is 4.94. The Bertz CT molecular complexity index is 387. The molecule has 1 rings (SSSR count). The smallest absolute Gasteiger partial charge is 0.251 e. The standard InChI is InChI=1S/C11H14N2O3/c1-7(11(15)16)13-10(14)9-4-2-8(6-12)3-5-9/h2-5,7H,6,12H2,1H3,(H,13,14)(H,15,16)/t7-/m0/s1. The molecule has 0 spiro atoms. The van der Waals surface area contributed by atoms with Gasteiger partial charge in [-0.2, -0.15) is 0 Å². The molecule has 0 aliphatic carbocycles. The summed E-state index contributed by atoms with van der Waals surface area (Å²) in [5.74, 6) is -1.73. The molecule has 0 unspecified atom stereocenters. The van der Waals surface area contributed by atoms with Crippen LogP contribution in [0.1, 0.15) is 22.8 Å². The van der Waals surface area contributed by atoms with Gasteiger partial charge < -0.3 is 21.0 Å². The summed E-state index contributed by atoms with van der Waals surface area (Å²) in [5, 5.41) is 12.7. The Morgan fingerprint density at radius 3 is 2.38 bits per heavy atom. The molecule has 0 fully saturated rings. The summed E-state index contributed by atoms with van der Waals surface area (Å²) in [7, 11) is 0. The fourth-order valence-corrected chi connectivity index (χ4v) is 1.16. The molecule has 16 heavy (non-hydrogen) atoms.